The lowest BCUT2D eigenvalue weighted by atomic mass is 10.0. The molecule has 5 heterocycles. The predicted molar refractivity (Wildman–Crippen MR) is 159 cm³/mol. The summed E-state index contributed by atoms with van der Waals surface area (Å²) in [6, 6.07) is 19.6. The van der Waals surface area contributed by atoms with Crippen molar-refractivity contribution < 1.29 is 9.18 Å². The molecule has 1 saturated heterocycles. The number of anilines is 1. The summed E-state index contributed by atoms with van der Waals surface area (Å²) in [6.07, 6.45) is 7.79. The first-order valence-corrected chi connectivity index (χ1v) is 13.6. The van der Waals surface area contributed by atoms with Crippen LogP contribution in [-0.2, 0) is 11.3 Å². The Balaban J connectivity index is 1.32. The van der Waals surface area contributed by atoms with E-state index in [4.69, 9.17) is 10.7 Å². The van der Waals surface area contributed by atoms with Gasteiger partial charge in [-0.25, -0.2) is 9.37 Å². The van der Waals surface area contributed by atoms with Crippen LogP contribution in [0.4, 0.5) is 10.2 Å². The van der Waals surface area contributed by atoms with E-state index in [1.807, 2.05) is 24.3 Å². The van der Waals surface area contributed by atoms with Gasteiger partial charge in [0, 0.05) is 54.9 Å². The van der Waals surface area contributed by atoms with E-state index in [1.165, 1.54) is 23.9 Å². The second kappa shape index (κ2) is 11.3. The van der Waals surface area contributed by atoms with Crippen molar-refractivity contribution in [3.05, 3.63) is 103 Å². The molecule has 0 bridgehead atoms. The maximum atomic E-state index is 13.5. The number of pyridine rings is 3. The zero-order valence-corrected chi connectivity index (χ0v) is 22.5. The Hall–Kier alpha value is -4.89. The lowest BCUT2D eigenvalue weighted by Gasteiger charge is -2.32. The van der Waals surface area contributed by atoms with Gasteiger partial charge in [-0.3, -0.25) is 19.7 Å². The van der Waals surface area contributed by atoms with E-state index >= 15 is 0 Å². The van der Waals surface area contributed by atoms with E-state index in [9.17, 15) is 9.18 Å². The lowest BCUT2D eigenvalue weighted by Crippen LogP contribution is -2.43. The minimum absolute atomic E-state index is 0.111. The number of nitrogens with two attached hydrogens (primary N) is 1. The largest absolute Gasteiger partial charge is 0.383 e. The Labute approximate surface area is 237 Å². The average molecular weight is 548 g/mol. The van der Waals surface area contributed by atoms with Gasteiger partial charge in [-0.2, -0.15) is 0 Å². The molecule has 1 amide bonds. The fraction of sp³-hybridized carbons (Fsp3) is 0.188. The third kappa shape index (κ3) is 5.57. The van der Waals surface area contributed by atoms with Crippen LogP contribution in [-0.4, -0.2) is 49.5 Å². The van der Waals surface area contributed by atoms with Crippen molar-refractivity contribution in [3.63, 3.8) is 0 Å². The summed E-state index contributed by atoms with van der Waals surface area (Å²) in [5.41, 5.74) is 13.2. The molecule has 8 nitrogen and oxygen atoms in total. The first-order valence-electron chi connectivity index (χ1n) is 13.6. The number of rotatable bonds is 7. The van der Waals surface area contributed by atoms with Gasteiger partial charge in [-0.15, -0.1) is 0 Å². The van der Waals surface area contributed by atoms with Crippen LogP contribution in [0.25, 0.3) is 39.2 Å². The molecule has 1 aliphatic heterocycles. The zero-order valence-electron chi connectivity index (χ0n) is 22.5. The standard InChI is InChI=1S/C32H30FN7O/c1-2-31(41)38-24-11-14-39(15-12-24)20-21-5-8-25(9-6-21)40-29(26-4-3-13-35-32(26)34)17-28-30(40)16-22(18-36-28)27-10-7-23(33)19-37-27/h2-10,13,16-19,24H,1,11-12,14-15,20H2,(H2,34,35)(H,38,41). The second-order valence-electron chi connectivity index (χ2n) is 10.2. The molecule has 206 valence electrons. The Morgan fingerprint density at radius 3 is 2.56 bits per heavy atom. The van der Waals surface area contributed by atoms with E-state index in [1.54, 1.807) is 18.5 Å². The minimum atomic E-state index is -0.385. The molecule has 4 aromatic heterocycles. The van der Waals surface area contributed by atoms with Crippen molar-refractivity contribution in [2.24, 2.45) is 0 Å². The Bertz CT molecular complexity index is 1710. The highest BCUT2D eigenvalue weighted by Crippen LogP contribution is 2.34. The first kappa shape index (κ1) is 26.3. The van der Waals surface area contributed by atoms with Crippen LogP contribution in [0.1, 0.15) is 18.4 Å². The van der Waals surface area contributed by atoms with Gasteiger partial charge in [0.05, 0.1) is 28.6 Å². The van der Waals surface area contributed by atoms with E-state index in [-0.39, 0.29) is 17.8 Å². The maximum Gasteiger partial charge on any atom is 0.243 e. The number of nitrogens with one attached hydrogen (secondary N) is 1. The highest BCUT2D eigenvalue weighted by molar-refractivity contribution is 5.90. The van der Waals surface area contributed by atoms with Crippen molar-refractivity contribution in [2.75, 3.05) is 18.8 Å². The topological polar surface area (TPSA) is 102 Å². The quantitative estimate of drug-likeness (QED) is 0.274. The molecular weight excluding hydrogens is 517 g/mol. The lowest BCUT2D eigenvalue weighted by molar-refractivity contribution is -0.117. The summed E-state index contributed by atoms with van der Waals surface area (Å²) in [7, 11) is 0. The number of likely N-dealkylation sites (tertiary alicyclic amines) is 1. The van der Waals surface area contributed by atoms with Crippen molar-refractivity contribution in [2.45, 2.75) is 25.4 Å². The Morgan fingerprint density at radius 1 is 1.05 bits per heavy atom. The predicted octanol–water partition coefficient (Wildman–Crippen LogP) is 5.14. The molecule has 5 aromatic rings. The van der Waals surface area contributed by atoms with Crippen LogP contribution < -0.4 is 11.1 Å². The highest BCUT2D eigenvalue weighted by Gasteiger charge is 2.21. The van der Waals surface area contributed by atoms with E-state index in [2.05, 4.69) is 55.6 Å². The molecule has 6 rings (SSSR count). The second-order valence-corrected chi connectivity index (χ2v) is 10.2. The number of piperidine rings is 1. The smallest absolute Gasteiger partial charge is 0.243 e. The van der Waals surface area contributed by atoms with Crippen LogP contribution in [0.5, 0.6) is 0 Å². The molecule has 0 atom stereocenters. The first-order chi connectivity index (χ1) is 20.0. The molecule has 3 N–H and O–H groups in total. The van der Waals surface area contributed by atoms with Crippen molar-refractivity contribution >= 4 is 22.8 Å². The number of aromatic nitrogens is 4. The van der Waals surface area contributed by atoms with Crippen molar-refractivity contribution in [1.82, 2.24) is 29.7 Å². The number of nitrogens with zero attached hydrogens (tertiary/aromatic N) is 5. The summed E-state index contributed by atoms with van der Waals surface area (Å²) in [6.45, 7) is 6.21. The maximum absolute atomic E-state index is 13.5. The number of benzene rings is 1. The molecule has 1 aliphatic rings. The Morgan fingerprint density at radius 2 is 1.85 bits per heavy atom. The number of halogens is 1. The van der Waals surface area contributed by atoms with Gasteiger partial charge >= 0.3 is 0 Å². The molecule has 0 spiro atoms. The van der Waals surface area contributed by atoms with Gasteiger partial charge in [-0.05, 0) is 73.0 Å². The summed E-state index contributed by atoms with van der Waals surface area (Å²) < 4.78 is 15.6. The summed E-state index contributed by atoms with van der Waals surface area (Å²) >= 11 is 0. The molecule has 0 saturated carbocycles. The molecule has 9 heteroatoms. The number of fused-ring (bicyclic) bond motifs is 1. The number of carbonyl (C=O) groups excluding carboxylic acids is 1. The van der Waals surface area contributed by atoms with Crippen LogP contribution in [0.15, 0.2) is 91.9 Å². The van der Waals surface area contributed by atoms with Crippen LogP contribution in [0.2, 0.25) is 0 Å². The molecule has 0 unspecified atom stereocenters. The van der Waals surface area contributed by atoms with E-state index in [0.717, 1.165) is 66.0 Å². The summed E-state index contributed by atoms with van der Waals surface area (Å²) in [5.74, 6) is -0.0639. The van der Waals surface area contributed by atoms with Gasteiger partial charge in [0.25, 0.3) is 0 Å². The van der Waals surface area contributed by atoms with Crippen LogP contribution in [0, 0.1) is 5.82 Å². The summed E-state index contributed by atoms with van der Waals surface area (Å²) in [5, 5.41) is 3.00. The molecule has 0 aliphatic carbocycles. The van der Waals surface area contributed by atoms with Gasteiger partial charge < -0.3 is 15.6 Å². The minimum Gasteiger partial charge on any atom is -0.383 e. The number of carbonyl (C=O) groups is 1. The third-order valence-corrected chi connectivity index (χ3v) is 7.51. The van der Waals surface area contributed by atoms with E-state index in [0.29, 0.717) is 11.5 Å². The molecule has 0 radical (unpaired) electrons. The number of amides is 1. The van der Waals surface area contributed by atoms with Crippen LogP contribution in [0.3, 0.4) is 0 Å². The zero-order chi connectivity index (χ0) is 28.3. The van der Waals surface area contributed by atoms with Gasteiger partial charge in [0.15, 0.2) is 0 Å². The highest BCUT2D eigenvalue weighted by atomic mass is 19.1. The fourth-order valence-electron chi connectivity index (χ4n) is 5.38. The number of hydrogen-bond donors (Lipinski definition) is 2. The monoisotopic (exact) mass is 547 g/mol. The van der Waals surface area contributed by atoms with Gasteiger partial charge in [0.1, 0.15) is 11.6 Å². The number of nitrogen functional groups attached to an aromatic ring is 1. The van der Waals surface area contributed by atoms with Gasteiger partial charge in [0.2, 0.25) is 5.91 Å². The molecule has 1 fully saturated rings. The number of hydrogen-bond acceptors (Lipinski definition) is 6. The summed E-state index contributed by atoms with van der Waals surface area (Å²) in [4.78, 5) is 27.3. The Kier molecular flexibility index (Phi) is 7.26. The van der Waals surface area contributed by atoms with Crippen LogP contribution >= 0.6 is 0 Å². The van der Waals surface area contributed by atoms with Crippen molar-refractivity contribution in [1.29, 1.82) is 0 Å². The fourth-order valence-corrected chi connectivity index (χ4v) is 5.38. The van der Waals surface area contributed by atoms with E-state index < -0.39 is 0 Å². The third-order valence-electron chi connectivity index (χ3n) is 7.51. The van der Waals surface area contributed by atoms with Gasteiger partial charge in [-0.1, -0.05) is 18.7 Å². The molecule has 1 aromatic carbocycles. The average Bonchev–Trinajstić information content (AvgIpc) is 3.37. The molecule has 41 heavy (non-hydrogen) atoms. The normalized spacial score (nSPS) is 14.3. The SMILES string of the molecule is C=CC(=O)NC1CCN(Cc2ccc(-n3c(-c4cccnc4N)cc4ncc(-c5ccc(F)cn5)cc43)cc2)CC1. The molecular formula is C32H30FN7O. The van der Waals surface area contributed by atoms with Crippen molar-refractivity contribution in [3.8, 4) is 28.2 Å².